The maximum Gasteiger partial charge on any atom is 0.338 e. The number of piperidine rings is 1. The van der Waals surface area contributed by atoms with E-state index >= 15 is 0 Å². The van der Waals surface area contributed by atoms with Gasteiger partial charge in [-0.2, -0.15) is 0 Å². The Hall–Kier alpha value is -1.87. The summed E-state index contributed by atoms with van der Waals surface area (Å²) in [4.78, 5) is 15.7. The lowest BCUT2D eigenvalue weighted by Crippen LogP contribution is -2.74. The van der Waals surface area contributed by atoms with Crippen LogP contribution in [-0.2, 0) is 4.74 Å². The maximum atomic E-state index is 13.1. The number of aliphatic hydroxyl groups is 3. The fourth-order valence-electron chi connectivity index (χ4n) is 11.6. The Kier molecular flexibility index (Phi) is 5.57. The minimum absolute atomic E-state index is 0.178. The molecule has 1 saturated heterocycles. The highest BCUT2D eigenvalue weighted by Crippen LogP contribution is 2.83. The molecule has 1 aliphatic heterocycles. The summed E-state index contributed by atoms with van der Waals surface area (Å²) in [6.45, 7) is 6.40. The maximum absolute atomic E-state index is 13.1. The van der Waals surface area contributed by atoms with Crippen molar-refractivity contribution in [1.29, 1.82) is 0 Å². The Morgan fingerprint density at radius 3 is 2.56 bits per heavy atom. The molecule has 8 rings (SSSR count). The van der Waals surface area contributed by atoms with Crippen molar-refractivity contribution in [3.8, 4) is 11.5 Å². The van der Waals surface area contributed by atoms with Crippen LogP contribution in [0.1, 0.15) is 62.7 Å². The summed E-state index contributed by atoms with van der Waals surface area (Å²) in [6.07, 6.45) is 3.97. The molecule has 214 valence electrons. The van der Waals surface area contributed by atoms with Gasteiger partial charge in [-0.05, 0) is 92.4 Å². The van der Waals surface area contributed by atoms with E-state index in [9.17, 15) is 20.1 Å². The predicted molar refractivity (Wildman–Crippen MR) is 142 cm³/mol. The molecule has 8 nitrogen and oxygen atoms in total. The Labute approximate surface area is 230 Å². The van der Waals surface area contributed by atoms with E-state index < -0.39 is 23.1 Å². The number of likely N-dealkylation sites (tertiary alicyclic amines) is 1. The zero-order chi connectivity index (χ0) is 27.5. The highest BCUT2D eigenvalue weighted by Gasteiger charge is 2.86. The van der Waals surface area contributed by atoms with Crippen molar-refractivity contribution in [2.45, 2.75) is 76.2 Å². The minimum Gasteiger partial charge on any atom is -0.493 e. The molecule has 0 aromatic heterocycles. The summed E-state index contributed by atoms with van der Waals surface area (Å²) in [6, 6.07) is 5.08. The van der Waals surface area contributed by atoms with E-state index in [1.165, 1.54) is 14.2 Å². The number of carbonyl (C=O) groups is 1. The number of nitrogens with zero attached hydrogens (tertiary/aromatic N) is 1. The molecule has 2 spiro atoms. The lowest BCUT2D eigenvalue weighted by Gasteiger charge is -2.69. The van der Waals surface area contributed by atoms with E-state index in [-0.39, 0.29) is 47.3 Å². The number of esters is 1. The van der Waals surface area contributed by atoms with E-state index in [0.29, 0.717) is 23.0 Å². The van der Waals surface area contributed by atoms with Crippen molar-refractivity contribution >= 4 is 5.97 Å². The lowest BCUT2D eigenvalue weighted by molar-refractivity contribution is -0.297. The van der Waals surface area contributed by atoms with E-state index in [1.807, 2.05) is 0 Å². The number of fused-ring (bicyclic) bond motifs is 2. The number of ether oxygens (including phenoxy) is 3. The number of benzene rings is 1. The Morgan fingerprint density at radius 2 is 1.85 bits per heavy atom. The van der Waals surface area contributed by atoms with Crippen LogP contribution in [0.25, 0.3) is 0 Å². The van der Waals surface area contributed by atoms with Gasteiger partial charge in [0.1, 0.15) is 12.2 Å². The predicted octanol–water partition coefficient (Wildman–Crippen LogP) is 2.87. The van der Waals surface area contributed by atoms with Gasteiger partial charge in [0.05, 0.1) is 32.0 Å². The molecule has 39 heavy (non-hydrogen) atoms. The SMILES string of the molecule is CCN1C[C@]2(C)CC[C@H](O)[C@@]34[C@@H]2C[C@@H]([C@@H]13)[C@@]12CC[C@@H](C[C@H]14)[C@@](O)(COC(=O)c1ccc(OC)c(OC)c1)[C@H]2O. The van der Waals surface area contributed by atoms with Crippen LogP contribution in [0.4, 0.5) is 0 Å². The van der Waals surface area contributed by atoms with Gasteiger partial charge in [-0.25, -0.2) is 4.79 Å². The summed E-state index contributed by atoms with van der Waals surface area (Å²) in [5.74, 6) is 1.07. The summed E-state index contributed by atoms with van der Waals surface area (Å²) in [5.41, 5.74) is -1.69. The highest BCUT2D eigenvalue weighted by molar-refractivity contribution is 5.90. The summed E-state index contributed by atoms with van der Waals surface area (Å²) in [5, 5.41) is 36.1. The quantitative estimate of drug-likeness (QED) is 0.472. The van der Waals surface area contributed by atoms with Crippen LogP contribution in [0, 0.1) is 39.9 Å². The van der Waals surface area contributed by atoms with Gasteiger partial charge in [-0.15, -0.1) is 0 Å². The monoisotopic (exact) mass is 541 g/mol. The van der Waals surface area contributed by atoms with Crippen LogP contribution in [0.3, 0.4) is 0 Å². The largest absolute Gasteiger partial charge is 0.493 e. The van der Waals surface area contributed by atoms with E-state index in [2.05, 4.69) is 18.7 Å². The second kappa shape index (κ2) is 8.34. The third kappa shape index (κ3) is 2.92. The molecule has 6 aliphatic carbocycles. The number of carbonyl (C=O) groups excluding carboxylic acids is 1. The molecular weight excluding hydrogens is 498 g/mol. The fraction of sp³-hybridized carbons (Fsp3) is 0.774. The molecule has 7 aliphatic rings. The summed E-state index contributed by atoms with van der Waals surface area (Å²) >= 11 is 0. The number of hydrogen-bond acceptors (Lipinski definition) is 8. The smallest absolute Gasteiger partial charge is 0.338 e. The lowest BCUT2D eigenvalue weighted by atomic mass is 9.38. The van der Waals surface area contributed by atoms with Crippen molar-refractivity contribution < 1.29 is 34.3 Å². The zero-order valence-corrected chi connectivity index (χ0v) is 23.6. The number of aliphatic hydroxyl groups excluding tert-OH is 2. The second-order valence-electron chi connectivity index (χ2n) is 13.8. The zero-order valence-electron chi connectivity index (χ0n) is 23.6. The van der Waals surface area contributed by atoms with Crippen molar-refractivity contribution in [3.63, 3.8) is 0 Å². The van der Waals surface area contributed by atoms with Crippen molar-refractivity contribution in [3.05, 3.63) is 23.8 Å². The van der Waals surface area contributed by atoms with E-state index in [1.54, 1.807) is 18.2 Å². The molecule has 0 unspecified atom stereocenters. The molecule has 1 aromatic carbocycles. The Balaban J connectivity index is 1.20. The molecular formula is C31H43NO7. The van der Waals surface area contributed by atoms with Crippen LogP contribution in [0.2, 0.25) is 0 Å². The average Bonchev–Trinajstić information content (AvgIpc) is 3.40. The normalized spacial score (nSPS) is 49.1. The molecule has 7 fully saturated rings. The van der Waals surface area contributed by atoms with Crippen molar-refractivity contribution in [2.75, 3.05) is 33.9 Å². The second-order valence-corrected chi connectivity index (χ2v) is 13.8. The first-order chi connectivity index (χ1) is 18.6. The van der Waals surface area contributed by atoms with Gasteiger partial charge in [-0.3, -0.25) is 4.90 Å². The fourth-order valence-corrected chi connectivity index (χ4v) is 11.6. The first-order valence-corrected chi connectivity index (χ1v) is 14.8. The van der Waals surface area contributed by atoms with Gasteiger partial charge in [0, 0.05) is 23.4 Å². The number of rotatable bonds is 6. The average molecular weight is 542 g/mol. The topological polar surface area (TPSA) is 109 Å². The summed E-state index contributed by atoms with van der Waals surface area (Å²) < 4.78 is 16.3. The van der Waals surface area contributed by atoms with E-state index in [0.717, 1.165) is 51.6 Å². The number of methoxy groups -OCH3 is 2. The van der Waals surface area contributed by atoms with Crippen LogP contribution < -0.4 is 9.47 Å². The third-order valence-corrected chi connectivity index (χ3v) is 12.9. The van der Waals surface area contributed by atoms with Gasteiger partial charge in [-0.1, -0.05) is 13.8 Å². The molecule has 8 heteroatoms. The van der Waals surface area contributed by atoms with Crippen LogP contribution in [-0.4, -0.2) is 84.0 Å². The van der Waals surface area contributed by atoms with Crippen molar-refractivity contribution in [2.24, 2.45) is 39.9 Å². The summed E-state index contributed by atoms with van der Waals surface area (Å²) in [7, 11) is 3.04. The van der Waals surface area contributed by atoms with Gasteiger partial charge in [0.15, 0.2) is 11.5 Å². The minimum atomic E-state index is -1.50. The van der Waals surface area contributed by atoms with Gasteiger partial charge in [0.2, 0.25) is 0 Å². The molecule has 6 saturated carbocycles. The third-order valence-electron chi connectivity index (χ3n) is 12.9. The first kappa shape index (κ1) is 26.1. The van der Waals surface area contributed by atoms with Gasteiger partial charge < -0.3 is 29.5 Å². The molecule has 7 bridgehead atoms. The van der Waals surface area contributed by atoms with Crippen LogP contribution in [0.15, 0.2) is 18.2 Å². The molecule has 0 radical (unpaired) electrons. The Morgan fingerprint density at radius 1 is 1.08 bits per heavy atom. The van der Waals surface area contributed by atoms with Gasteiger partial charge in [0.25, 0.3) is 0 Å². The molecule has 1 aromatic rings. The van der Waals surface area contributed by atoms with Crippen LogP contribution in [0.5, 0.6) is 11.5 Å². The standard InChI is InChI=1S/C31H43NO7/c1-5-32-15-28(2)10-9-24(33)31-22(28)14-19(25(31)32)29-11-8-18(13-23(29)31)30(36,27(29)35)16-39-26(34)17-6-7-20(37-3)21(12-17)38-4/h6-7,12,18-19,22-25,27,33,35-36H,5,8-11,13-16H2,1-4H3/t18-,19-,22+,23+,24-,25+,27-,28-,29-,30-,31-/m0/s1. The molecule has 3 N–H and O–H groups in total. The molecule has 1 heterocycles. The van der Waals surface area contributed by atoms with E-state index in [4.69, 9.17) is 14.2 Å². The van der Waals surface area contributed by atoms with Crippen molar-refractivity contribution in [1.82, 2.24) is 4.90 Å². The molecule has 0 amide bonds. The Bertz CT molecular complexity index is 1190. The van der Waals surface area contributed by atoms with Gasteiger partial charge >= 0.3 is 5.97 Å². The first-order valence-electron chi connectivity index (χ1n) is 14.8. The molecule has 11 atom stereocenters. The van der Waals surface area contributed by atoms with Crippen LogP contribution >= 0.6 is 0 Å². The highest BCUT2D eigenvalue weighted by atomic mass is 16.5. The number of hydrogen-bond donors (Lipinski definition) is 3.